The summed E-state index contributed by atoms with van der Waals surface area (Å²) in [5.41, 5.74) is 13.8. The van der Waals surface area contributed by atoms with Crippen LogP contribution in [0.5, 0.6) is 0 Å². The van der Waals surface area contributed by atoms with Crippen LogP contribution in [0, 0.1) is 18.7 Å². The maximum absolute atomic E-state index is 13.9. The second-order valence-electron chi connectivity index (χ2n) is 9.25. The zero-order valence-corrected chi connectivity index (χ0v) is 20.4. The zero-order chi connectivity index (χ0) is 25.4. The Hall–Kier alpha value is -4.32. The molecule has 0 spiro atoms. The molecule has 1 aliphatic rings. The zero-order valence-electron chi connectivity index (χ0n) is 20.4. The van der Waals surface area contributed by atoms with Gasteiger partial charge in [0.2, 0.25) is 5.91 Å². The van der Waals surface area contributed by atoms with E-state index in [0.717, 1.165) is 45.0 Å². The molecule has 0 bridgehead atoms. The number of carbonyl (C=O) groups is 1. The predicted octanol–water partition coefficient (Wildman–Crippen LogP) is 6.53. The molecule has 2 unspecified atom stereocenters. The van der Waals surface area contributed by atoms with Crippen LogP contribution in [0.25, 0.3) is 22.4 Å². The molecule has 5 nitrogen and oxygen atoms in total. The number of nitrogens with two attached hydrogens (primary N) is 1. The third-order valence-corrected chi connectivity index (χ3v) is 6.81. The summed E-state index contributed by atoms with van der Waals surface area (Å²) in [4.78, 5) is 21.1. The SMILES string of the molecule is Cc1cc(-c2ncccc2-c2ccc3c(c2)C(=Nc2ccc(C(N)=O)cc2)C(C)C(C)N3)ccc1F. The number of benzene rings is 3. The highest BCUT2D eigenvalue weighted by Crippen LogP contribution is 2.37. The number of rotatable bonds is 4. The van der Waals surface area contributed by atoms with Gasteiger partial charge in [-0.2, -0.15) is 0 Å². The van der Waals surface area contributed by atoms with Crippen LogP contribution >= 0.6 is 0 Å². The molecule has 36 heavy (non-hydrogen) atoms. The van der Waals surface area contributed by atoms with E-state index in [-0.39, 0.29) is 17.8 Å². The Bertz CT molecular complexity index is 1490. The first-order valence-corrected chi connectivity index (χ1v) is 11.9. The van der Waals surface area contributed by atoms with Crippen molar-refractivity contribution < 1.29 is 9.18 Å². The summed E-state index contributed by atoms with van der Waals surface area (Å²) in [6, 6.07) is 22.5. The highest BCUT2D eigenvalue weighted by molar-refractivity contribution is 6.10. The van der Waals surface area contributed by atoms with Crippen molar-refractivity contribution in [1.82, 2.24) is 4.98 Å². The molecule has 1 amide bonds. The highest BCUT2D eigenvalue weighted by atomic mass is 19.1. The molecule has 0 fully saturated rings. The quantitative estimate of drug-likeness (QED) is 0.350. The largest absolute Gasteiger partial charge is 0.381 e. The van der Waals surface area contributed by atoms with Crippen LogP contribution in [-0.2, 0) is 0 Å². The molecule has 3 aromatic carbocycles. The third kappa shape index (κ3) is 4.38. The molecule has 1 aliphatic heterocycles. The minimum absolute atomic E-state index is 0.150. The lowest BCUT2D eigenvalue weighted by atomic mass is 9.85. The van der Waals surface area contributed by atoms with Crippen molar-refractivity contribution in [3.05, 3.63) is 102 Å². The van der Waals surface area contributed by atoms with Gasteiger partial charge in [-0.3, -0.25) is 14.8 Å². The van der Waals surface area contributed by atoms with Gasteiger partial charge in [-0.1, -0.05) is 19.1 Å². The van der Waals surface area contributed by atoms with Gasteiger partial charge in [0, 0.05) is 46.1 Å². The second kappa shape index (κ2) is 9.38. The fraction of sp³-hybridized carbons (Fsp3) is 0.167. The number of aromatic nitrogens is 1. The number of aliphatic imine (C=N–C) groups is 1. The summed E-state index contributed by atoms with van der Waals surface area (Å²) in [5, 5.41) is 3.59. The molecule has 0 saturated carbocycles. The van der Waals surface area contributed by atoms with Crippen molar-refractivity contribution >= 4 is 23.0 Å². The number of primary amides is 1. The second-order valence-corrected chi connectivity index (χ2v) is 9.25. The summed E-state index contributed by atoms with van der Waals surface area (Å²) < 4.78 is 13.9. The standard InChI is InChI=1S/C30H27FN4O/c1-17-15-22(8-12-26(17)31)29-24(5-4-14-33-29)21-9-13-27-25(16-21)28(18(2)19(3)34-27)35-23-10-6-20(7-11-23)30(32)36/h4-16,18-19,34H,1-3H3,(H2,32,36). The van der Waals surface area contributed by atoms with Crippen molar-refractivity contribution in [2.24, 2.45) is 16.6 Å². The van der Waals surface area contributed by atoms with Crippen LogP contribution in [0.4, 0.5) is 15.8 Å². The fourth-order valence-corrected chi connectivity index (χ4v) is 4.56. The summed E-state index contributed by atoms with van der Waals surface area (Å²) in [5.74, 6) is -0.544. The van der Waals surface area contributed by atoms with E-state index >= 15 is 0 Å². The maximum Gasteiger partial charge on any atom is 0.248 e. The molecule has 4 aromatic rings. The first-order chi connectivity index (χ1) is 17.3. The number of carbonyl (C=O) groups excluding carboxylic acids is 1. The number of amides is 1. The summed E-state index contributed by atoms with van der Waals surface area (Å²) in [6.07, 6.45) is 1.75. The maximum atomic E-state index is 13.9. The van der Waals surface area contributed by atoms with Crippen molar-refractivity contribution in [1.29, 1.82) is 0 Å². The van der Waals surface area contributed by atoms with E-state index in [1.54, 1.807) is 31.3 Å². The van der Waals surface area contributed by atoms with Crippen LogP contribution in [0.2, 0.25) is 0 Å². The molecule has 2 atom stereocenters. The number of pyridine rings is 1. The average molecular weight is 479 g/mol. The number of hydrogen-bond donors (Lipinski definition) is 2. The lowest BCUT2D eigenvalue weighted by Crippen LogP contribution is -2.36. The van der Waals surface area contributed by atoms with Gasteiger partial charge in [0.1, 0.15) is 5.82 Å². The fourth-order valence-electron chi connectivity index (χ4n) is 4.56. The molecule has 5 rings (SSSR count). The van der Waals surface area contributed by atoms with Gasteiger partial charge in [-0.25, -0.2) is 4.39 Å². The van der Waals surface area contributed by atoms with Crippen LogP contribution in [0.1, 0.15) is 35.3 Å². The third-order valence-electron chi connectivity index (χ3n) is 6.81. The molecule has 0 aliphatic carbocycles. The Balaban J connectivity index is 1.62. The molecule has 0 radical (unpaired) electrons. The monoisotopic (exact) mass is 478 g/mol. The molecule has 180 valence electrons. The van der Waals surface area contributed by atoms with E-state index in [1.165, 1.54) is 6.07 Å². The Labute approximate surface area is 209 Å². The summed E-state index contributed by atoms with van der Waals surface area (Å²) in [7, 11) is 0. The van der Waals surface area contributed by atoms with Crippen molar-refractivity contribution in [2.75, 3.05) is 5.32 Å². The predicted molar refractivity (Wildman–Crippen MR) is 143 cm³/mol. The number of nitrogens with zero attached hydrogens (tertiary/aromatic N) is 2. The lowest BCUT2D eigenvalue weighted by Gasteiger charge is -2.32. The Morgan fingerprint density at radius 1 is 0.972 bits per heavy atom. The first-order valence-electron chi connectivity index (χ1n) is 11.9. The number of nitrogens with one attached hydrogen (secondary N) is 1. The van der Waals surface area contributed by atoms with E-state index in [4.69, 9.17) is 10.7 Å². The number of fused-ring (bicyclic) bond motifs is 1. The smallest absolute Gasteiger partial charge is 0.248 e. The van der Waals surface area contributed by atoms with Gasteiger partial charge in [-0.15, -0.1) is 0 Å². The molecular formula is C30H27FN4O. The van der Waals surface area contributed by atoms with Crippen LogP contribution in [0.15, 0.2) is 84.0 Å². The van der Waals surface area contributed by atoms with Crippen LogP contribution in [-0.4, -0.2) is 22.6 Å². The van der Waals surface area contributed by atoms with Gasteiger partial charge in [0.25, 0.3) is 0 Å². The van der Waals surface area contributed by atoms with E-state index in [1.807, 2.05) is 30.3 Å². The Kier molecular flexibility index (Phi) is 6.10. The Morgan fingerprint density at radius 3 is 2.44 bits per heavy atom. The normalized spacial score (nSPS) is 17.9. The Morgan fingerprint density at radius 2 is 1.72 bits per heavy atom. The van der Waals surface area contributed by atoms with Gasteiger partial charge in [0.15, 0.2) is 0 Å². The topological polar surface area (TPSA) is 80.4 Å². The number of anilines is 1. The summed E-state index contributed by atoms with van der Waals surface area (Å²) in [6.45, 7) is 6.05. The summed E-state index contributed by atoms with van der Waals surface area (Å²) >= 11 is 0. The van der Waals surface area contributed by atoms with Gasteiger partial charge in [0.05, 0.1) is 17.1 Å². The molecular weight excluding hydrogens is 451 g/mol. The minimum Gasteiger partial charge on any atom is -0.381 e. The molecule has 2 heterocycles. The minimum atomic E-state index is -0.461. The van der Waals surface area contributed by atoms with Gasteiger partial charge in [-0.05, 0) is 85.6 Å². The van der Waals surface area contributed by atoms with E-state index in [0.29, 0.717) is 11.1 Å². The molecule has 6 heteroatoms. The lowest BCUT2D eigenvalue weighted by molar-refractivity contribution is 0.100. The van der Waals surface area contributed by atoms with Crippen molar-refractivity contribution in [2.45, 2.75) is 26.8 Å². The van der Waals surface area contributed by atoms with Gasteiger partial charge < -0.3 is 11.1 Å². The highest BCUT2D eigenvalue weighted by Gasteiger charge is 2.28. The number of halogens is 1. The number of hydrogen-bond acceptors (Lipinski definition) is 4. The van der Waals surface area contributed by atoms with Crippen molar-refractivity contribution in [3.8, 4) is 22.4 Å². The molecule has 0 saturated heterocycles. The molecule has 3 N–H and O–H groups in total. The average Bonchev–Trinajstić information content (AvgIpc) is 2.88. The van der Waals surface area contributed by atoms with Crippen molar-refractivity contribution in [3.63, 3.8) is 0 Å². The number of aryl methyl sites for hydroxylation is 1. The van der Waals surface area contributed by atoms with Crippen LogP contribution < -0.4 is 11.1 Å². The van der Waals surface area contributed by atoms with Gasteiger partial charge >= 0.3 is 0 Å². The first kappa shape index (κ1) is 23.4. The van der Waals surface area contributed by atoms with E-state index in [9.17, 15) is 9.18 Å². The van der Waals surface area contributed by atoms with Crippen LogP contribution in [0.3, 0.4) is 0 Å². The van der Waals surface area contributed by atoms with E-state index < -0.39 is 5.91 Å². The van der Waals surface area contributed by atoms with E-state index in [2.05, 4.69) is 42.3 Å². The molecule has 1 aromatic heterocycles.